The van der Waals surface area contributed by atoms with Crippen LogP contribution < -0.4 is 11.5 Å². The molecule has 0 spiro atoms. The minimum atomic E-state index is -4.80. The Morgan fingerprint density at radius 2 is 3.25 bits per heavy atom. The number of hydrogen-bond donors (Lipinski definition) is 2. The first kappa shape index (κ1) is 0.489. The lowest BCUT2D eigenvalue weighted by atomic mass is 11.3. The molecule has 4 heavy (non-hydrogen) atoms. The van der Waals surface area contributed by atoms with E-state index < -0.39 is 16.9 Å². The minimum absolute atomic E-state index is 0.248. The molecular weight excluding hydrogens is 72.1 g/mol. The van der Waals surface area contributed by atoms with Crippen LogP contribution in [0.1, 0.15) is 0 Å². The minimum Gasteiger partial charge on any atom is -0.291 e. The van der Waals surface area contributed by atoms with E-state index >= 15 is 0 Å². The Labute approximate surface area is 37.0 Å². The maximum absolute atomic E-state index is 6.69. The maximum Gasteiger partial charge on any atom is 0.126 e. The molecule has 0 aliphatic rings. The van der Waals surface area contributed by atoms with Gasteiger partial charge in [0.1, 0.15) is 2.82 Å². The molecule has 0 aliphatic carbocycles. The third-order valence-corrected chi connectivity index (χ3v) is 0. The molecule has 0 saturated carbocycles. The van der Waals surface area contributed by atoms with E-state index in [2.05, 4.69) is 0 Å². The van der Waals surface area contributed by atoms with Crippen LogP contribution >= 0.6 is 11.8 Å². The van der Waals surface area contributed by atoms with Gasteiger partial charge in [0.05, 0.1) is 9.61 Å². The van der Waals surface area contributed by atoms with Gasteiger partial charge in [-0.1, -0.05) is 0 Å². The number of rotatable bonds is 0. The van der Waals surface area contributed by atoms with Crippen LogP contribution in [0.3, 0.4) is 0 Å². The smallest absolute Gasteiger partial charge is 0.126 e. The Morgan fingerprint density at radius 3 is 3.25 bits per heavy atom. The van der Waals surface area contributed by atoms with Crippen LogP contribution in [-0.2, 0) is 0 Å². The Hall–Kier alpha value is 0.140. The summed E-state index contributed by atoms with van der Waals surface area (Å²) in [6.07, 6.45) is 0. The normalized spacial score (nSPS) is 43.0. The van der Waals surface area contributed by atoms with Crippen molar-refractivity contribution in [1.82, 2.24) is 0 Å². The van der Waals surface area contributed by atoms with Crippen molar-refractivity contribution >= 4 is 16.9 Å². The molecule has 0 bridgehead atoms. The summed E-state index contributed by atoms with van der Waals surface area (Å²) in [7, 11) is 0. The molecule has 0 radical (unpaired) electrons. The van der Waals surface area contributed by atoms with Crippen molar-refractivity contribution in [3.05, 3.63) is 0 Å². The topological polar surface area (TPSA) is 52.0 Å². The predicted octanol–water partition coefficient (Wildman–Crippen LogP) is -1.88. The molecule has 0 atom stereocenters. The average molecular weight is 86.2 g/mol. The molecule has 0 unspecified atom stereocenters. The lowest BCUT2D eigenvalue weighted by Crippen LogP contribution is -2.18. The van der Waals surface area contributed by atoms with E-state index in [1.807, 2.05) is 0 Å². The zero-order valence-corrected chi connectivity index (χ0v) is 2.75. The van der Waals surface area contributed by atoms with E-state index in [-0.39, 0.29) is 5.72 Å². The fourth-order valence-corrected chi connectivity index (χ4v) is 0. The highest BCUT2D eigenvalue weighted by atomic mass is 32.1. The summed E-state index contributed by atoms with van der Waals surface area (Å²) in [5, 5.41) is -0.989. The quantitative estimate of drug-likeness (QED) is 0.339. The van der Waals surface area contributed by atoms with Gasteiger partial charge in [-0.05, 0) is 0 Å². The molecule has 0 saturated heterocycles. The van der Waals surface area contributed by atoms with Crippen LogP contribution in [0.2, 0.25) is 2.82 Å². The number of hydrogen-bond acceptors (Lipinski definition) is 0. The largest absolute Gasteiger partial charge is 0.291 e. The van der Waals surface area contributed by atoms with Crippen LogP contribution in [0.5, 0.6) is 0 Å². The van der Waals surface area contributed by atoms with Gasteiger partial charge in [-0.3, -0.25) is 23.3 Å². The highest BCUT2D eigenvalue weighted by molar-refractivity contribution is 7.80. The highest BCUT2D eigenvalue weighted by Gasteiger charge is 1.47. The molecular formula is CH8N2S. The fraction of sp³-hybridized carbons (Fsp3) is 0. The van der Waals surface area contributed by atoms with Crippen LogP contribution in [0.15, 0.2) is 0 Å². The SMILES string of the molecule is [2H]N([2H])C(N)=S([2H])([2H])([2H])[2H]. The zero-order chi connectivity index (χ0) is 8.60. The average Bonchev–Trinajstić information content (AvgIpc) is 1.59. The molecule has 0 aliphatic heterocycles. The molecule has 4 N–H and O–H groups in total. The van der Waals surface area contributed by atoms with Crippen molar-refractivity contribution in [3.63, 3.8) is 0 Å². The summed E-state index contributed by atoms with van der Waals surface area (Å²) in [5.41, 5.74) is 4.55. The van der Waals surface area contributed by atoms with Crippen molar-refractivity contribution in [2.24, 2.45) is 11.5 Å². The van der Waals surface area contributed by atoms with Gasteiger partial charge < -0.3 is 0 Å². The molecule has 0 amide bonds. The lowest BCUT2D eigenvalue weighted by molar-refractivity contribution is 1.65. The summed E-state index contributed by atoms with van der Waals surface area (Å²) in [5.74, 6) is 0. The second-order valence-corrected chi connectivity index (χ2v) is 0.757. The Morgan fingerprint density at radius 1 is 2.50 bits per heavy atom. The van der Waals surface area contributed by atoms with Gasteiger partial charge in [0.25, 0.3) is 0 Å². The third-order valence-electron chi connectivity index (χ3n) is 0. The van der Waals surface area contributed by atoms with Crippen molar-refractivity contribution < 1.29 is 2.82 Å². The Kier molecular flexibility index (Phi) is 0.178. The Balaban J connectivity index is 5.05. The van der Waals surface area contributed by atoms with E-state index in [1.165, 1.54) is 0 Å². The van der Waals surface area contributed by atoms with E-state index in [4.69, 9.17) is 13.1 Å². The van der Waals surface area contributed by atoms with Crippen LogP contribution in [0.25, 0.3) is 0 Å². The van der Waals surface area contributed by atoms with Gasteiger partial charge in [0.2, 0.25) is 0 Å². The van der Waals surface area contributed by atoms with Gasteiger partial charge in [0, 0.05) is 0 Å². The van der Waals surface area contributed by atoms with Crippen LogP contribution in [0, 0.1) is 0 Å². The molecule has 0 aromatic carbocycles. The maximum atomic E-state index is 6.69. The fourth-order valence-electron chi connectivity index (χ4n) is 0. The van der Waals surface area contributed by atoms with Crippen molar-refractivity contribution in [2.45, 2.75) is 0 Å². The summed E-state index contributed by atoms with van der Waals surface area (Å²) in [4.78, 5) is 0. The van der Waals surface area contributed by atoms with Gasteiger partial charge in [-0.2, -0.15) is 0 Å². The van der Waals surface area contributed by atoms with Gasteiger partial charge in [-0.15, -0.1) is 0 Å². The summed E-state index contributed by atoms with van der Waals surface area (Å²) >= 11 is -4.80. The Bertz CT molecular complexity index is 178. The monoisotopic (exact) mass is 86.1 g/mol. The van der Waals surface area contributed by atoms with Gasteiger partial charge in [-0.25, -0.2) is 0 Å². The van der Waals surface area contributed by atoms with E-state index in [0.29, 0.717) is 0 Å². The first-order valence-electron chi connectivity index (χ1n) is 3.24. The summed E-state index contributed by atoms with van der Waals surface area (Å²) < 4.78 is 39.6. The first-order chi connectivity index (χ1) is 4.11. The third kappa shape index (κ3) is 142. The molecule has 0 aromatic rings. The second-order valence-electron chi connectivity index (χ2n) is 0.338. The standard InChI is InChI=1S/CH8N2S/c2-1(3)4/h2-3H2,4H4/i4D4/hD2. The van der Waals surface area contributed by atoms with Crippen molar-refractivity contribution in [3.8, 4) is 0 Å². The lowest BCUT2D eigenvalue weighted by Gasteiger charge is -1.71. The van der Waals surface area contributed by atoms with Crippen LogP contribution in [0.4, 0.5) is 0 Å². The van der Waals surface area contributed by atoms with E-state index in [0.717, 1.165) is 0 Å². The summed E-state index contributed by atoms with van der Waals surface area (Å²) in [6, 6.07) is 0. The molecule has 28 valence electrons. The molecule has 2 nitrogen and oxygen atoms in total. The molecule has 0 aromatic heterocycles. The predicted molar refractivity (Wildman–Crippen MR) is 26.6 cm³/mol. The van der Waals surface area contributed by atoms with E-state index in [1.54, 1.807) is 0 Å². The van der Waals surface area contributed by atoms with Crippen LogP contribution in [-0.4, -0.2) is 9.61 Å². The van der Waals surface area contributed by atoms with Gasteiger partial charge >= 0.3 is 0 Å². The number of nitrogens with two attached hydrogens (primary N) is 2. The van der Waals surface area contributed by atoms with Crippen molar-refractivity contribution in [2.75, 3.05) is 0 Å². The molecule has 0 rings (SSSR count). The first-order valence-corrected chi connectivity index (χ1v) is 1.12. The summed E-state index contributed by atoms with van der Waals surface area (Å²) in [6.45, 7) is 0. The van der Waals surface area contributed by atoms with E-state index in [9.17, 15) is 0 Å². The molecule has 0 heterocycles. The molecule has 0 fully saturated rings. The van der Waals surface area contributed by atoms with Gasteiger partial charge in [0.15, 0.2) is 0 Å². The second kappa shape index (κ2) is 1.46. The zero-order valence-electron chi connectivity index (χ0n) is 7.93. The molecule has 3 heteroatoms. The highest BCUT2D eigenvalue weighted by Crippen LogP contribution is 1.32. The van der Waals surface area contributed by atoms with Crippen molar-refractivity contribution in [1.29, 1.82) is 4.50 Å².